The molecule has 0 unspecified atom stereocenters. The molecule has 0 aliphatic rings. The van der Waals surface area contributed by atoms with E-state index in [0.29, 0.717) is 6.04 Å². The Morgan fingerprint density at radius 1 is 1.17 bits per heavy atom. The Morgan fingerprint density at radius 3 is 2.65 bits per heavy atom. The van der Waals surface area contributed by atoms with E-state index < -0.39 is 0 Å². The van der Waals surface area contributed by atoms with Crippen molar-refractivity contribution >= 4 is 0 Å². The van der Waals surface area contributed by atoms with Crippen molar-refractivity contribution < 1.29 is 0 Å². The first-order chi connectivity index (χ1) is 11.1. The summed E-state index contributed by atoms with van der Waals surface area (Å²) in [7, 11) is 0. The van der Waals surface area contributed by atoms with Gasteiger partial charge in [-0.3, -0.25) is 9.78 Å². The van der Waals surface area contributed by atoms with E-state index in [1.54, 1.807) is 0 Å². The second-order valence-electron chi connectivity index (χ2n) is 6.04. The molecule has 0 fully saturated rings. The molecular formula is C18H23N5. The molecule has 0 saturated carbocycles. The van der Waals surface area contributed by atoms with Gasteiger partial charge in [0.15, 0.2) is 0 Å². The van der Waals surface area contributed by atoms with Gasteiger partial charge in [-0.15, -0.1) is 0 Å². The molecule has 0 spiro atoms. The van der Waals surface area contributed by atoms with Crippen LogP contribution in [0.3, 0.4) is 0 Å². The molecule has 2 heterocycles. The first-order valence-electron chi connectivity index (χ1n) is 7.97. The van der Waals surface area contributed by atoms with Crippen molar-refractivity contribution in [1.82, 2.24) is 25.3 Å². The molecule has 5 heteroatoms. The van der Waals surface area contributed by atoms with Gasteiger partial charge in [-0.2, -0.15) is 10.2 Å². The Kier molecular flexibility index (Phi) is 4.57. The molecule has 23 heavy (non-hydrogen) atoms. The molecule has 2 aromatic heterocycles. The van der Waals surface area contributed by atoms with Crippen LogP contribution in [-0.2, 0) is 6.54 Å². The van der Waals surface area contributed by atoms with E-state index in [9.17, 15) is 0 Å². The zero-order chi connectivity index (χ0) is 16.2. The number of nitrogens with zero attached hydrogens (tertiary/aromatic N) is 3. The van der Waals surface area contributed by atoms with Gasteiger partial charge >= 0.3 is 0 Å². The van der Waals surface area contributed by atoms with Crippen LogP contribution in [0.2, 0.25) is 0 Å². The van der Waals surface area contributed by atoms with Crippen molar-refractivity contribution in [2.24, 2.45) is 0 Å². The highest BCUT2D eigenvalue weighted by molar-refractivity contribution is 5.62. The molecule has 5 nitrogen and oxygen atoms in total. The normalized spacial score (nSPS) is 13.9. The topological polar surface area (TPSA) is 58.5 Å². The van der Waals surface area contributed by atoms with Crippen LogP contribution in [0.4, 0.5) is 0 Å². The Morgan fingerprint density at radius 2 is 1.96 bits per heavy atom. The number of nitrogens with one attached hydrogen (secondary N) is 2. The Balaban J connectivity index is 1.66. The van der Waals surface area contributed by atoms with E-state index in [-0.39, 0.29) is 6.04 Å². The van der Waals surface area contributed by atoms with Crippen molar-refractivity contribution in [3.8, 4) is 11.3 Å². The average molecular weight is 309 g/mol. The Hall–Kier alpha value is -2.40. The summed E-state index contributed by atoms with van der Waals surface area (Å²) in [6.07, 6.45) is 5.87. The second-order valence-corrected chi connectivity index (χ2v) is 6.04. The SMILES string of the molecule is Cc1cnn([C@H](C)[C@@H](C)NCc2cn[nH]c2-c2ccccc2)c1. The minimum Gasteiger partial charge on any atom is -0.308 e. The lowest BCUT2D eigenvalue weighted by atomic mass is 10.1. The minimum atomic E-state index is 0.288. The standard InChI is InChI=1S/C18H23N5/c1-13-9-21-23(12-13)15(3)14(2)19-10-17-11-20-22-18(17)16-7-5-4-6-8-16/h4-9,11-12,14-15,19H,10H2,1-3H3,(H,20,22)/t14-,15-/m1/s1. The number of hydrogen-bond donors (Lipinski definition) is 2. The lowest BCUT2D eigenvalue weighted by Gasteiger charge is -2.21. The first kappa shape index (κ1) is 15.5. The molecule has 2 atom stereocenters. The van der Waals surface area contributed by atoms with Crippen molar-refractivity contribution in [3.63, 3.8) is 0 Å². The van der Waals surface area contributed by atoms with Crippen LogP contribution in [-0.4, -0.2) is 26.0 Å². The number of hydrogen-bond acceptors (Lipinski definition) is 3. The molecule has 0 aliphatic carbocycles. The molecule has 1 aromatic carbocycles. The van der Waals surface area contributed by atoms with Gasteiger partial charge in [0.1, 0.15) is 0 Å². The number of aryl methyl sites for hydroxylation is 1. The number of rotatable bonds is 6. The molecule has 120 valence electrons. The lowest BCUT2D eigenvalue weighted by molar-refractivity contribution is 0.365. The van der Waals surface area contributed by atoms with Crippen molar-refractivity contribution in [1.29, 1.82) is 0 Å². The molecule has 3 rings (SSSR count). The Labute approximate surface area is 136 Å². The summed E-state index contributed by atoms with van der Waals surface area (Å²) in [6.45, 7) is 7.19. The molecule has 0 bridgehead atoms. The first-order valence-corrected chi connectivity index (χ1v) is 7.97. The maximum absolute atomic E-state index is 4.41. The van der Waals surface area contributed by atoms with Crippen LogP contribution in [0.5, 0.6) is 0 Å². The fraction of sp³-hybridized carbons (Fsp3) is 0.333. The van der Waals surface area contributed by atoms with E-state index >= 15 is 0 Å². The highest BCUT2D eigenvalue weighted by Gasteiger charge is 2.15. The molecule has 2 N–H and O–H groups in total. The summed E-state index contributed by atoms with van der Waals surface area (Å²) in [6, 6.07) is 10.9. The second kappa shape index (κ2) is 6.79. The van der Waals surface area contributed by atoms with Crippen LogP contribution in [0.25, 0.3) is 11.3 Å². The number of H-pyrrole nitrogens is 1. The molecular weight excluding hydrogens is 286 g/mol. The number of benzene rings is 1. The van der Waals surface area contributed by atoms with Crippen molar-refractivity contribution in [2.45, 2.75) is 39.4 Å². The molecule has 0 amide bonds. The van der Waals surface area contributed by atoms with Gasteiger partial charge in [-0.25, -0.2) is 0 Å². The summed E-state index contributed by atoms with van der Waals surface area (Å²) in [5.74, 6) is 0. The minimum absolute atomic E-state index is 0.288. The zero-order valence-corrected chi connectivity index (χ0v) is 13.8. The van der Waals surface area contributed by atoms with Crippen LogP contribution in [0, 0.1) is 6.92 Å². The molecule has 3 aromatic rings. The highest BCUT2D eigenvalue weighted by atomic mass is 15.3. The molecule has 0 radical (unpaired) electrons. The van der Waals surface area contributed by atoms with Gasteiger partial charge in [0.25, 0.3) is 0 Å². The summed E-state index contributed by atoms with van der Waals surface area (Å²) in [5, 5.41) is 15.3. The maximum atomic E-state index is 4.41. The van der Waals surface area contributed by atoms with E-state index in [4.69, 9.17) is 0 Å². The number of aromatic nitrogens is 4. The molecule has 0 saturated heterocycles. The highest BCUT2D eigenvalue weighted by Crippen LogP contribution is 2.21. The monoisotopic (exact) mass is 309 g/mol. The van der Waals surface area contributed by atoms with Crippen molar-refractivity contribution in [3.05, 3.63) is 60.0 Å². The fourth-order valence-corrected chi connectivity index (χ4v) is 2.63. The van der Waals surface area contributed by atoms with Crippen LogP contribution >= 0.6 is 0 Å². The quantitative estimate of drug-likeness (QED) is 0.734. The number of aromatic amines is 1. The van der Waals surface area contributed by atoms with Crippen LogP contribution in [0.15, 0.2) is 48.9 Å². The predicted molar refractivity (Wildman–Crippen MR) is 92.0 cm³/mol. The predicted octanol–water partition coefficient (Wildman–Crippen LogP) is 3.32. The van der Waals surface area contributed by atoms with Crippen LogP contribution < -0.4 is 5.32 Å². The summed E-state index contributed by atoms with van der Waals surface area (Å²) in [4.78, 5) is 0. The van der Waals surface area contributed by atoms with Gasteiger partial charge in [0, 0.05) is 24.3 Å². The van der Waals surface area contributed by atoms with Gasteiger partial charge in [0.2, 0.25) is 0 Å². The largest absolute Gasteiger partial charge is 0.308 e. The molecule has 0 aliphatic heterocycles. The lowest BCUT2D eigenvalue weighted by Crippen LogP contribution is -2.33. The zero-order valence-electron chi connectivity index (χ0n) is 13.8. The third-order valence-corrected chi connectivity index (χ3v) is 4.27. The van der Waals surface area contributed by atoms with E-state index in [1.807, 2.05) is 35.3 Å². The van der Waals surface area contributed by atoms with E-state index in [0.717, 1.165) is 17.8 Å². The van der Waals surface area contributed by atoms with Crippen LogP contribution in [0.1, 0.15) is 31.0 Å². The fourth-order valence-electron chi connectivity index (χ4n) is 2.63. The summed E-state index contributed by atoms with van der Waals surface area (Å²) < 4.78 is 2.01. The Bertz CT molecular complexity index is 744. The van der Waals surface area contributed by atoms with E-state index in [2.05, 4.69) is 59.7 Å². The third kappa shape index (κ3) is 3.51. The van der Waals surface area contributed by atoms with Gasteiger partial charge in [-0.1, -0.05) is 30.3 Å². The smallest absolute Gasteiger partial charge is 0.0695 e. The maximum Gasteiger partial charge on any atom is 0.0695 e. The van der Waals surface area contributed by atoms with Gasteiger partial charge < -0.3 is 5.32 Å². The summed E-state index contributed by atoms with van der Waals surface area (Å²) in [5.41, 5.74) is 4.59. The van der Waals surface area contributed by atoms with Gasteiger partial charge in [0.05, 0.1) is 24.1 Å². The van der Waals surface area contributed by atoms with E-state index in [1.165, 1.54) is 11.1 Å². The third-order valence-electron chi connectivity index (χ3n) is 4.27. The summed E-state index contributed by atoms with van der Waals surface area (Å²) >= 11 is 0. The van der Waals surface area contributed by atoms with Gasteiger partial charge in [-0.05, 0) is 31.9 Å². The average Bonchev–Trinajstić information content (AvgIpc) is 3.21. The van der Waals surface area contributed by atoms with Crippen molar-refractivity contribution in [2.75, 3.05) is 0 Å².